The largest absolute Gasteiger partial charge is 0.394 e. The highest BCUT2D eigenvalue weighted by Crippen LogP contribution is 2.44. The summed E-state index contributed by atoms with van der Waals surface area (Å²) in [5.41, 5.74) is 2.17. The molecule has 7 N–H and O–H groups in total. The second kappa shape index (κ2) is 17.8. The number of nitrogens with one attached hydrogen (secondary N) is 1. The lowest BCUT2D eigenvalue weighted by molar-refractivity contribution is -0.355. The lowest BCUT2D eigenvalue weighted by Crippen LogP contribution is -2.64. The highest BCUT2D eigenvalue weighted by atomic mass is 16.7. The summed E-state index contributed by atoms with van der Waals surface area (Å²) in [7, 11) is 0. The maximum Gasteiger partial charge on any atom is 0.227 e. The minimum absolute atomic E-state index is 0.0771. The Morgan fingerprint density at radius 3 is 2.14 bits per heavy atom. The average molecular weight is 812 g/mol. The number of anilines is 1. The van der Waals surface area contributed by atoms with Gasteiger partial charge in [0.2, 0.25) is 11.8 Å². The molecule has 0 saturated carbocycles. The van der Waals surface area contributed by atoms with Gasteiger partial charge >= 0.3 is 0 Å². The molecular weight excluding hydrogens is 754 g/mol. The maximum atomic E-state index is 14.1. The molecule has 6 rings (SSSR count). The molecule has 17 nitrogen and oxygen atoms in total. The number of fused-ring (bicyclic) bond motifs is 5. The number of nitrogens with zero attached hydrogens (tertiary/aromatic N) is 4. The number of hydrogen-bond acceptors (Lipinski definition) is 14. The highest BCUT2D eigenvalue weighted by molar-refractivity contribution is 6.00. The van der Waals surface area contributed by atoms with E-state index in [0.717, 1.165) is 5.56 Å². The molecule has 0 radical (unpaired) electrons. The Bertz CT molecular complexity index is 1890. The van der Waals surface area contributed by atoms with Gasteiger partial charge in [-0.25, -0.2) is 4.68 Å². The van der Waals surface area contributed by atoms with Gasteiger partial charge in [0.15, 0.2) is 12.5 Å². The number of ether oxygens (including phenoxy) is 4. The molecule has 2 saturated heterocycles. The van der Waals surface area contributed by atoms with E-state index >= 15 is 0 Å². The summed E-state index contributed by atoms with van der Waals surface area (Å²) in [6.07, 6.45) is -13.3. The van der Waals surface area contributed by atoms with E-state index in [4.69, 9.17) is 18.9 Å². The first-order valence-corrected chi connectivity index (χ1v) is 19.7. The summed E-state index contributed by atoms with van der Waals surface area (Å²) in [5.74, 6) is -0.240. The van der Waals surface area contributed by atoms with E-state index in [9.17, 15) is 40.2 Å². The zero-order valence-electron chi connectivity index (χ0n) is 33.8. The lowest BCUT2D eigenvalue weighted by Gasteiger charge is -2.47. The predicted octanol–water partition coefficient (Wildman–Crippen LogP) is 1.55. The molecule has 4 heterocycles. The van der Waals surface area contributed by atoms with E-state index in [-0.39, 0.29) is 30.3 Å². The van der Waals surface area contributed by atoms with Crippen LogP contribution in [0.4, 0.5) is 5.69 Å². The van der Waals surface area contributed by atoms with E-state index in [1.165, 1.54) is 4.68 Å². The number of unbranched alkanes of at least 4 members (excludes halogenated alkanes) is 1. The Morgan fingerprint density at radius 1 is 0.810 bits per heavy atom. The number of aliphatic hydroxyl groups is 6. The molecule has 0 aliphatic carbocycles. The minimum Gasteiger partial charge on any atom is -0.394 e. The molecule has 318 valence electrons. The van der Waals surface area contributed by atoms with Crippen molar-refractivity contribution in [2.24, 2.45) is 0 Å². The monoisotopic (exact) mass is 811 g/mol. The Balaban J connectivity index is 1.29. The fraction of sp³-hybridized carbons (Fsp3) is 0.610. The zero-order chi connectivity index (χ0) is 42.1. The lowest BCUT2D eigenvalue weighted by atomic mass is 9.94. The quantitative estimate of drug-likeness (QED) is 0.136. The second-order valence-corrected chi connectivity index (χ2v) is 17.1. The fourth-order valence-corrected chi connectivity index (χ4v) is 7.66. The first-order valence-electron chi connectivity index (χ1n) is 19.7. The molecule has 2 fully saturated rings. The van der Waals surface area contributed by atoms with Crippen molar-refractivity contribution >= 4 is 17.5 Å². The second-order valence-electron chi connectivity index (χ2n) is 17.1. The van der Waals surface area contributed by atoms with Crippen molar-refractivity contribution in [3.8, 4) is 22.5 Å². The summed E-state index contributed by atoms with van der Waals surface area (Å²) < 4.78 is 25.2. The van der Waals surface area contributed by atoms with Crippen LogP contribution in [0.5, 0.6) is 0 Å². The number of carbonyl (C=O) groups excluding carboxylic acids is 2. The van der Waals surface area contributed by atoms with Crippen molar-refractivity contribution in [1.29, 1.82) is 0 Å². The Kier molecular flexibility index (Phi) is 13.4. The Labute approximate surface area is 337 Å². The summed E-state index contributed by atoms with van der Waals surface area (Å²) in [6.45, 7) is 9.78. The van der Waals surface area contributed by atoms with Crippen molar-refractivity contribution in [1.82, 2.24) is 20.3 Å². The van der Waals surface area contributed by atoms with Gasteiger partial charge in [0.05, 0.1) is 31.0 Å². The van der Waals surface area contributed by atoms with Crippen LogP contribution in [0.15, 0.2) is 48.5 Å². The molecular formula is C41H57N5O12. The number of benzene rings is 2. The van der Waals surface area contributed by atoms with Crippen LogP contribution < -0.4 is 10.2 Å². The van der Waals surface area contributed by atoms with E-state index in [2.05, 4.69) is 15.6 Å². The van der Waals surface area contributed by atoms with Crippen LogP contribution in [-0.2, 0) is 35.1 Å². The van der Waals surface area contributed by atoms with Crippen molar-refractivity contribution in [3.05, 3.63) is 54.1 Å². The van der Waals surface area contributed by atoms with Gasteiger partial charge in [-0.2, -0.15) is 0 Å². The topological polar surface area (TPSA) is 238 Å². The Morgan fingerprint density at radius 2 is 1.47 bits per heavy atom. The number of carbonyl (C=O) groups is 2. The normalized spacial score (nSPS) is 28.8. The predicted molar refractivity (Wildman–Crippen MR) is 209 cm³/mol. The number of aromatic nitrogens is 3. The van der Waals surface area contributed by atoms with Crippen LogP contribution in [0.2, 0.25) is 0 Å². The first-order chi connectivity index (χ1) is 27.4. The molecule has 3 aromatic rings. The van der Waals surface area contributed by atoms with Crippen LogP contribution in [0.3, 0.4) is 0 Å². The van der Waals surface area contributed by atoms with Gasteiger partial charge in [-0.05, 0) is 66.0 Å². The summed E-state index contributed by atoms with van der Waals surface area (Å²) in [6, 6.07) is 14.6. The zero-order valence-corrected chi connectivity index (χ0v) is 33.8. The molecule has 0 bridgehead atoms. The molecule has 0 spiro atoms. The van der Waals surface area contributed by atoms with Crippen molar-refractivity contribution in [2.75, 3.05) is 18.1 Å². The molecule has 10 atom stereocenters. The van der Waals surface area contributed by atoms with Gasteiger partial charge in [-0.15, -0.1) is 5.10 Å². The van der Waals surface area contributed by atoms with Crippen LogP contribution in [0.25, 0.3) is 22.5 Å². The van der Waals surface area contributed by atoms with Gasteiger partial charge in [-0.1, -0.05) is 47.7 Å². The molecule has 3 aliphatic rings. The standard InChI is InChI=1S/C41H57N5O12/c1-40(2,3)42-28(49)17-11-12-18-29(50)45-19-22-13-7-8-14-23(22)30-31(24-15-9-10-16-25(24)45)46(44-43-30)38-34(53)33(52)36(27(21-48)55-38)57-39-35(54)37(58-41(4,5)6)32(51)26(20-47)56-39/h7-10,13-16,26-27,32-39,47-48,51-54H,11-12,17-21H2,1-6H3,(H,42,49)/t26?,27?,32-,33+,34?,35?,36+,37-,38+,39-/m0/s1. The highest BCUT2D eigenvalue weighted by Gasteiger charge is 2.52. The maximum absolute atomic E-state index is 14.1. The van der Waals surface area contributed by atoms with Gasteiger partial charge in [-0.3, -0.25) is 9.59 Å². The van der Waals surface area contributed by atoms with Crippen molar-refractivity contribution < 1.29 is 59.2 Å². The summed E-state index contributed by atoms with van der Waals surface area (Å²) in [4.78, 5) is 28.2. The molecule has 3 aliphatic heterocycles. The third kappa shape index (κ3) is 9.44. The van der Waals surface area contributed by atoms with Crippen molar-refractivity contribution in [2.45, 2.75) is 146 Å². The molecule has 2 amide bonds. The number of hydrogen-bond donors (Lipinski definition) is 7. The van der Waals surface area contributed by atoms with Crippen LogP contribution in [0, 0.1) is 0 Å². The van der Waals surface area contributed by atoms with Crippen LogP contribution in [-0.4, -0.2) is 137 Å². The molecule has 4 unspecified atom stereocenters. The van der Waals surface area contributed by atoms with Gasteiger partial charge in [0.25, 0.3) is 0 Å². The molecule has 2 aromatic carbocycles. The van der Waals surface area contributed by atoms with E-state index in [1.807, 2.05) is 45.0 Å². The van der Waals surface area contributed by atoms with Gasteiger partial charge in [0.1, 0.15) is 60.2 Å². The number of rotatable bonds is 11. The SMILES string of the molecule is CC(C)(C)NC(=O)CCCCC(=O)N1Cc2ccccc2-c2nnn([C@@H]3OC(CO)[C@@H](O[C@@H]4OC(CO)[C@H](O)[C@H](OC(C)(C)C)C4O)[C@H](O)C3O)c2-c2ccccc21. The van der Waals surface area contributed by atoms with Crippen LogP contribution >= 0.6 is 0 Å². The van der Waals surface area contributed by atoms with E-state index in [0.29, 0.717) is 47.5 Å². The minimum atomic E-state index is -1.76. The third-order valence-corrected chi connectivity index (χ3v) is 10.3. The van der Waals surface area contributed by atoms with E-state index < -0.39 is 80.2 Å². The number of amides is 2. The number of para-hydroxylation sites is 1. The fourth-order valence-electron chi connectivity index (χ4n) is 7.66. The smallest absolute Gasteiger partial charge is 0.227 e. The van der Waals surface area contributed by atoms with Crippen molar-refractivity contribution in [3.63, 3.8) is 0 Å². The molecule has 17 heteroatoms. The van der Waals surface area contributed by atoms with Crippen LogP contribution in [0.1, 0.15) is 79.0 Å². The summed E-state index contributed by atoms with van der Waals surface area (Å²) in [5, 5.41) is 77.8. The molecule has 58 heavy (non-hydrogen) atoms. The first kappa shape index (κ1) is 43.7. The average Bonchev–Trinajstić information content (AvgIpc) is 3.59. The van der Waals surface area contributed by atoms with Gasteiger partial charge in [0, 0.05) is 29.5 Å². The summed E-state index contributed by atoms with van der Waals surface area (Å²) >= 11 is 0. The van der Waals surface area contributed by atoms with E-state index in [1.54, 1.807) is 49.9 Å². The molecule has 1 aromatic heterocycles. The Hall–Kier alpha value is -3.88. The van der Waals surface area contributed by atoms with Gasteiger partial charge < -0.3 is 59.8 Å². The third-order valence-electron chi connectivity index (χ3n) is 10.3. The number of aliphatic hydroxyl groups excluding tert-OH is 6.